The van der Waals surface area contributed by atoms with Crippen LogP contribution in [0.4, 0.5) is 0 Å². The molecule has 2 aromatic heterocycles. The quantitative estimate of drug-likeness (QED) is 0.530. The van der Waals surface area contributed by atoms with Crippen LogP contribution < -0.4 is 0 Å². The van der Waals surface area contributed by atoms with E-state index in [1.54, 1.807) is 11.3 Å². The highest BCUT2D eigenvalue weighted by Crippen LogP contribution is 2.23. The van der Waals surface area contributed by atoms with Crippen LogP contribution in [0.1, 0.15) is 29.9 Å². The Morgan fingerprint density at radius 1 is 1.11 bits per heavy atom. The van der Waals surface area contributed by atoms with Crippen LogP contribution in [0.2, 0.25) is 0 Å². The first-order valence-electron chi connectivity index (χ1n) is 9.84. The number of rotatable bonds is 8. The number of benzene rings is 1. The molecule has 4 rings (SSSR count). The minimum absolute atomic E-state index is 0.154. The van der Waals surface area contributed by atoms with Crippen molar-refractivity contribution in [1.29, 1.82) is 0 Å². The van der Waals surface area contributed by atoms with Crippen molar-refractivity contribution in [2.75, 3.05) is 13.2 Å². The number of thiophene rings is 1. The van der Waals surface area contributed by atoms with Crippen molar-refractivity contribution in [2.45, 2.75) is 38.3 Å². The molecule has 4 nitrogen and oxygen atoms in total. The topological polar surface area (TPSA) is 42.7 Å². The van der Waals surface area contributed by atoms with Crippen molar-refractivity contribution < 1.29 is 13.9 Å². The molecule has 0 radical (unpaired) electrons. The third kappa shape index (κ3) is 4.91. The summed E-state index contributed by atoms with van der Waals surface area (Å²) >= 11 is 1.69. The number of hydrogen-bond donors (Lipinski definition) is 0. The van der Waals surface area contributed by atoms with Gasteiger partial charge in [-0.1, -0.05) is 36.4 Å². The Hall–Kier alpha value is -2.37. The number of carbonyl (C=O) groups is 1. The highest BCUT2D eigenvalue weighted by molar-refractivity contribution is 7.09. The zero-order valence-electron chi connectivity index (χ0n) is 15.9. The molecular formula is C23H25NO3S. The summed E-state index contributed by atoms with van der Waals surface area (Å²) < 4.78 is 11.7. The molecule has 146 valence electrons. The van der Waals surface area contributed by atoms with Crippen molar-refractivity contribution in [3.63, 3.8) is 0 Å². The lowest BCUT2D eigenvalue weighted by Gasteiger charge is -2.25. The van der Waals surface area contributed by atoms with E-state index in [9.17, 15) is 4.79 Å². The second kappa shape index (κ2) is 9.22. The Balaban J connectivity index is 1.37. The Labute approximate surface area is 169 Å². The highest BCUT2D eigenvalue weighted by atomic mass is 32.1. The highest BCUT2D eigenvalue weighted by Gasteiger charge is 2.23. The lowest BCUT2D eigenvalue weighted by molar-refractivity contribution is -0.133. The number of nitrogens with zero attached hydrogens (tertiary/aromatic N) is 1. The zero-order chi connectivity index (χ0) is 19.2. The normalized spacial score (nSPS) is 16.4. The molecule has 1 unspecified atom stereocenters. The molecule has 0 saturated carbocycles. The maximum Gasteiger partial charge on any atom is 0.223 e. The van der Waals surface area contributed by atoms with E-state index >= 15 is 0 Å². The molecule has 1 saturated heterocycles. The van der Waals surface area contributed by atoms with Crippen molar-refractivity contribution in [3.05, 3.63) is 70.6 Å². The number of amides is 1. The number of hydrogen-bond acceptors (Lipinski definition) is 4. The molecule has 1 aromatic carbocycles. The number of ether oxygens (including phenoxy) is 1. The molecule has 0 bridgehead atoms. The monoisotopic (exact) mass is 395 g/mol. The molecule has 3 heterocycles. The maximum absolute atomic E-state index is 12.9. The molecule has 1 amide bonds. The third-order valence-electron chi connectivity index (χ3n) is 5.03. The van der Waals surface area contributed by atoms with Crippen LogP contribution in [0.5, 0.6) is 0 Å². The van der Waals surface area contributed by atoms with Gasteiger partial charge in [0.05, 0.1) is 12.6 Å². The fourth-order valence-corrected chi connectivity index (χ4v) is 4.26. The Kier molecular flexibility index (Phi) is 6.24. The van der Waals surface area contributed by atoms with E-state index in [2.05, 4.69) is 11.4 Å². The van der Waals surface area contributed by atoms with Gasteiger partial charge in [-0.05, 0) is 36.4 Å². The molecule has 5 heteroatoms. The SMILES string of the molecule is O=C(CCc1ccc(-c2ccccc2)o1)N(Cc1cccs1)CC1CCCO1. The first-order chi connectivity index (χ1) is 13.8. The van der Waals surface area contributed by atoms with Crippen molar-refractivity contribution in [2.24, 2.45) is 0 Å². The lowest BCUT2D eigenvalue weighted by Crippen LogP contribution is -2.36. The van der Waals surface area contributed by atoms with E-state index in [1.807, 2.05) is 53.4 Å². The number of aryl methyl sites for hydroxylation is 1. The van der Waals surface area contributed by atoms with Crippen LogP contribution in [-0.4, -0.2) is 30.1 Å². The van der Waals surface area contributed by atoms with Gasteiger partial charge in [0, 0.05) is 36.4 Å². The molecule has 0 aliphatic carbocycles. The summed E-state index contributed by atoms with van der Waals surface area (Å²) in [6, 6.07) is 18.1. The first-order valence-corrected chi connectivity index (χ1v) is 10.7. The molecule has 3 aromatic rings. The summed E-state index contributed by atoms with van der Waals surface area (Å²) in [7, 11) is 0. The summed E-state index contributed by atoms with van der Waals surface area (Å²) in [5, 5.41) is 2.05. The van der Waals surface area contributed by atoms with Crippen molar-refractivity contribution in [3.8, 4) is 11.3 Å². The van der Waals surface area contributed by atoms with Crippen LogP contribution in [0, 0.1) is 0 Å². The summed E-state index contributed by atoms with van der Waals surface area (Å²) in [6.45, 7) is 2.13. The van der Waals surface area contributed by atoms with Gasteiger partial charge in [0.15, 0.2) is 0 Å². The third-order valence-corrected chi connectivity index (χ3v) is 5.89. The smallest absolute Gasteiger partial charge is 0.223 e. The zero-order valence-corrected chi connectivity index (χ0v) is 16.7. The van der Waals surface area contributed by atoms with E-state index in [-0.39, 0.29) is 12.0 Å². The number of furan rings is 1. The van der Waals surface area contributed by atoms with E-state index in [4.69, 9.17) is 9.15 Å². The number of carbonyl (C=O) groups excluding carboxylic acids is 1. The predicted octanol–water partition coefficient (Wildman–Crippen LogP) is 5.15. The van der Waals surface area contributed by atoms with Gasteiger partial charge >= 0.3 is 0 Å². The molecule has 0 N–H and O–H groups in total. The van der Waals surface area contributed by atoms with Gasteiger partial charge in [-0.15, -0.1) is 11.3 Å². The van der Waals surface area contributed by atoms with Gasteiger partial charge in [0.1, 0.15) is 11.5 Å². The summed E-state index contributed by atoms with van der Waals surface area (Å²) in [6.07, 6.45) is 3.34. The van der Waals surface area contributed by atoms with Gasteiger partial charge in [-0.25, -0.2) is 0 Å². The van der Waals surface area contributed by atoms with Gasteiger partial charge in [-0.3, -0.25) is 4.79 Å². The largest absolute Gasteiger partial charge is 0.461 e. The minimum atomic E-state index is 0.154. The fraction of sp³-hybridized carbons (Fsp3) is 0.348. The lowest BCUT2D eigenvalue weighted by atomic mass is 10.2. The minimum Gasteiger partial charge on any atom is -0.461 e. The van der Waals surface area contributed by atoms with Crippen LogP contribution in [0.25, 0.3) is 11.3 Å². The molecular weight excluding hydrogens is 370 g/mol. The molecule has 1 aliphatic rings. The summed E-state index contributed by atoms with van der Waals surface area (Å²) in [5.41, 5.74) is 1.05. The maximum atomic E-state index is 12.9. The van der Waals surface area contributed by atoms with Crippen molar-refractivity contribution in [1.82, 2.24) is 4.90 Å². The van der Waals surface area contributed by atoms with E-state index in [0.29, 0.717) is 25.9 Å². The van der Waals surface area contributed by atoms with Gasteiger partial charge in [0.2, 0.25) is 5.91 Å². The second-order valence-corrected chi connectivity index (χ2v) is 8.15. The molecule has 1 atom stereocenters. The Morgan fingerprint density at radius 3 is 2.75 bits per heavy atom. The molecule has 0 spiro atoms. The van der Waals surface area contributed by atoms with E-state index in [1.165, 1.54) is 4.88 Å². The van der Waals surface area contributed by atoms with Gasteiger partial charge < -0.3 is 14.1 Å². The Bertz CT molecular complexity index is 866. The van der Waals surface area contributed by atoms with Crippen molar-refractivity contribution >= 4 is 17.2 Å². The van der Waals surface area contributed by atoms with Crippen LogP contribution in [-0.2, 0) is 22.5 Å². The van der Waals surface area contributed by atoms with E-state index < -0.39 is 0 Å². The van der Waals surface area contributed by atoms with Gasteiger partial charge in [0.25, 0.3) is 0 Å². The summed E-state index contributed by atoms with van der Waals surface area (Å²) in [5.74, 6) is 1.85. The molecule has 28 heavy (non-hydrogen) atoms. The average molecular weight is 396 g/mol. The van der Waals surface area contributed by atoms with Crippen LogP contribution >= 0.6 is 11.3 Å². The standard InChI is InChI=1S/C23H25NO3S/c25-23(13-11-19-10-12-22(27-19)18-6-2-1-3-7-18)24(16-20-8-4-14-26-20)17-21-9-5-15-28-21/h1-3,5-7,9-10,12,15,20H,4,8,11,13-14,16-17H2. The fourth-order valence-electron chi connectivity index (χ4n) is 3.54. The first kappa shape index (κ1) is 19.0. The van der Waals surface area contributed by atoms with Gasteiger partial charge in [-0.2, -0.15) is 0 Å². The van der Waals surface area contributed by atoms with Crippen LogP contribution in [0.3, 0.4) is 0 Å². The summed E-state index contributed by atoms with van der Waals surface area (Å²) in [4.78, 5) is 16.1. The molecule has 1 aliphatic heterocycles. The average Bonchev–Trinajstić information content (AvgIpc) is 3.49. The predicted molar refractivity (Wildman–Crippen MR) is 111 cm³/mol. The van der Waals surface area contributed by atoms with Crippen LogP contribution in [0.15, 0.2) is 64.4 Å². The second-order valence-electron chi connectivity index (χ2n) is 7.12. The molecule has 1 fully saturated rings. The Morgan fingerprint density at radius 2 is 2.00 bits per heavy atom. The van der Waals surface area contributed by atoms with E-state index in [0.717, 1.165) is 36.5 Å².